The molecule has 7 heteroatoms. The van der Waals surface area contributed by atoms with Crippen LogP contribution in [0.5, 0.6) is 5.75 Å². The number of anilines is 2. The molecule has 1 aromatic carbocycles. The number of nitrogen functional groups attached to an aromatic ring is 2. The molecule has 0 aliphatic heterocycles. The summed E-state index contributed by atoms with van der Waals surface area (Å²) in [5, 5.41) is 4.04. The number of aryl methyl sites for hydroxylation is 1. The summed E-state index contributed by atoms with van der Waals surface area (Å²) in [5.74, 6) is 1.37. The Kier molecular flexibility index (Phi) is 4.09. The van der Waals surface area contributed by atoms with Crippen LogP contribution in [0.3, 0.4) is 0 Å². The minimum absolute atomic E-state index is 0.137. The molecule has 0 bridgehead atoms. The maximum absolute atomic E-state index is 5.86. The average Bonchev–Trinajstić information content (AvgIpc) is 3.03. The van der Waals surface area contributed by atoms with Crippen molar-refractivity contribution < 1.29 is 9.26 Å². The third kappa shape index (κ3) is 3.23. The van der Waals surface area contributed by atoms with Gasteiger partial charge in [-0.05, 0) is 6.42 Å². The highest BCUT2D eigenvalue weighted by molar-refractivity contribution is 5.58. The molecule has 0 fully saturated rings. The number of aromatic nitrogens is 3. The van der Waals surface area contributed by atoms with Crippen molar-refractivity contribution in [2.75, 3.05) is 11.5 Å². The Hall–Kier alpha value is -3.09. The quantitative estimate of drug-likeness (QED) is 0.744. The van der Waals surface area contributed by atoms with Gasteiger partial charge >= 0.3 is 0 Å². The largest absolute Gasteiger partial charge is 0.480 e. The average molecular weight is 311 g/mol. The number of rotatable bonds is 5. The van der Waals surface area contributed by atoms with Crippen LogP contribution in [-0.4, -0.2) is 15.1 Å². The summed E-state index contributed by atoms with van der Waals surface area (Å²) in [6.07, 6.45) is 0.637. The van der Waals surface area contributed by atoms with E-state index < -0.39 is 0 Å². The minimum atomic E-state index is 0.137. The van der Waals surface area contributed by atoms with Crippen LogP contribution in [-0.2, 0) is 13.0 Å². The third-order valence-corrected chi connectivity index (χ3v) is 3.30. The maximum Gasteiger partial charge on any atom is 0.222 e. The molecule has 0 saturated heterocycles. The van der Waals surface area contributed by atoms with Gasteiger partial charge in [0.25, 0.3) is 0 Å². The van der Waals surface area contributed by atoms with Crippen molar-refractivity contribution >= 4 is 11.8 Å². The van der Waals surface area contributed by atoms with Gasteiger partial charge in [0, 0.05) is 11.6 Å². The summed E-state index contributed by atoms with van der Waals surface area (Å²) in [7, 11) is 0. The number of nitrogens with two attached hydrogens (primary N) is 2. The van der Waals surface area contributed by atoms with E-state index >= 15 is 0 Å². The van der Waals surface area contributed by atoms with Crippen molar-refractivity contribution in [3.05, 3.63) is 47.9 Å². The second kappa shape index (κ2) is 6.35. The van der Waals surface area contributed by atoms with Crippen molar-refractivity contribution in [3.63, 3.8) is 0 Å². The van der Waals surface area contributed by atoms with E-state index in [-0.39, 0.29) is 18.4 Å². The van der Waals surface area contributed by atoms with E-state index in [1.54, 1.807) is 0 Å². The molecule has 7 nitrogen and oxygen atoms in total. The van der Waals surface area contributed by atoms with Gasteiger partial charge in [-0.25, -0.2) is 4.98 Å². The highest BCUT2D eigenvalue weighted by Gasteiger charge is 2.13. The Morgan fingerprint density at radius 1 is 1.13 bits per heavy atom. The molecule has 0 spiro atoms. The number of benzene rings is 1. The van der Waals surface area contributed by atoms with E-state index in [1.807, 2.05) is 43.3 Å². The second-order valence-electron chi connectivity index (χ2n) is 4.93. The first-order valence-corrected chi connectivity index (χ1v) is 7.23. The standard InChI is InChI=1S/C16H17N5O2/c1-2-12-14(15(17)20-16(18)19-12)22-9-11-8-13(21-23-11)10-6-4-3-5-7-10/h3-8H,2,9H2,1H3,(H4,17,18,19,20). The minimum Gasteiger partial charge on any atom is -0.480 e. The molecule has 23 heavy (non-hydrogen) atoms. The SMILES string of the molecule is CCc1nc(N)nc(N)c1OCc1cc(-c2ccccc2)no1. The smallest absolute Gasteiger partial charge is 0.222 e. The molecule has 2 aromatic heterocycles. The summed E-state index contributed by atoms with van der Waals surface area (Å²) in [5.41, 5.74) is 13.8. The molecule has 0 saturated carbocycles. The molecule has 0 amide bonds. The molecule has 0 unspecified atom stereocenters. The Labute approximate surface area is 133 Å². The first kappa shape index (κ1) is 14.8. The summed E-state index contributed by atoms with van der Waals surface area (Å²) in [4.78, 5) is 8.05. The lowest BCUT2D eigenvalue weighted by molar-refractivity contribution is 0.247. The van der Waals surface area contributed by atoms with E-state index in [0.717, 1.165) is 11.3 Å². The van der Waals surface area contributed by atoms with Gasteiger partial charge in [0.15, 0.2) is 17.3 Å². The zero-order valence-corrected chi connectivity index (χ0v) is 12.7. The zero-order chi connectivity index (χ0) is 16.2. The number of ether oxygens (including phenoxy) is 1. The topological polar surface area (TPSA) is 113 Å². The van der Waals surface area contributed by atoms with Gasteiger partial charge in [0.2, 0.25) is 5.95 Å². The third-order valence-electron chi connectivity index (χ3n) is 3.30. The second-order valence-corrected chi connectivity index (χ2v) is 4.93. The molecule has 118 valence electrons. The van der Waals surface area contributed by atoms with E-state index in [4.69, 9.17) is 20.7 Å². The monoisotopic (exact) mass is 311 g/mol. The fourth-order valence-electron chi connectivity index (χ4n) is 2.20. The molecule has 0 aliphatic carbocycles. The van der Waals surface area contributed by atoms with Crippen LogP contribution in [0.25, 0.3) is 11.3 Å². The normalized spacial score (nSPS) is 10.7. The van der Waals surface area contributed by atoms with Gasteiger partial charge in [-0.2, -0.15) is 4.98 Å². The van der Waals surface area contributed by atoms with E-state index in [1.165, 1.54) is 0 Å². The van der Waals surface area contributed by atoms with E-state index in [2.05, 4.69) is 15.1 Å². The molecule has 0 atom stereocenters. The molecule has 0 radical (unpaired) electrons. The van der Waals surface area contributed by atoms with Crippen LogP contribution in [0, 0.1) is 0 Å². The molecule has 2 heterocycles. The summed E-state index contributed by atoms with van der Waals surface area (Å²) in [6, 6.07) is 11.6. The van der Waals surface area contributed by atoms with E-state index in [0.29, 0.717) is 23.6 Å². The number of hydrogen-bond donors (Lipinski definition) is 2. The van der Waals surface area contributed by atoms with Gasteiger partial charge in [0.05, 0.1) is 5.69 Å². The predicted octanol–water partition coefficient (Wildman–Crippen LogP) is 2.44. The van der Waals surface area contributed by atoms with Gasteiger partial charge in [-0.15, -0.1) is 0 Å². The van der Waals surface area contributed by atoms with Gasteiger partial charge in [0.1, 0.15) is 12.3 Å². The lowest BCUT2D eigenvalue weighted by Crippen LogP contribution is -2.08. The molecular weight excluding hydrogens is 294 g/mol. The predicted molar refractivity (Wildman–Crippen MR) is 86.5 cm³/mol. The van der Waals surface area contributed by atoms with Crippen molar-refractivity contribution in [2.24, 2.45) is 0 Å². The van der Waals surface area contributed by atoms with Crippen LogP contribution >= 0.6 is 0 Å². The molecule has 3 rings (SSSR count). The van der Waals surface area contributed by atoms with Crippen molar-refractivity contribution in [3.8, 4) is 17.0 Å². The highest BCUT2D eigenvalue weighted by Crippen LogP contribution is 2.26. The van der Waals surface area contributed by atoms with Crippen LogP contribution in [0.2, 0.25) is 0 Å². The highest BCUT2D eigenvalue weighted by atomic mass is 16.5. The Morgan fingerprint density at radius 2 is 1.91 bits per heavy atom. The zero-order valence-electron chi connectivity index (χ0n) is 12.7. The van der Waals surface area contributed by atoms with E-state index in [9.17, 15) is 0 Å². The first-order valence-electron chi connectivity index (χ1n) is 7.23. The Balaban J connectivity index is 1.76. The fourth-order valence-corrected chi connectivity index (χ4v) is 2.20. The first-order chi connectivity index (χ1) is 11.2. The summed E-state index contributed by atoms with van der Waals surface area (Å²) in [6.45, 7) is 2.13. The van der Waals surface area contributed by atoms with Gasteiger partial charge in [-0.3, -0.25) is 0 Å². The van der Waals surface area contributed by atoms with Gasteiger partial charge in [-0.1, -0.05) is 42.4 Å². The van der Waals surface area contributed by atoms with Crippen LogP contribution in [0.4, 0.5) is 11.8 Å². The van der Waals surface area contributed by atoms with Crippen LogP contribution in [0.15, 0.2) is 40.9 Å². The van der Waals surface area contributed by atoms with Crippen molar-refractivity contribution in [1.82, 2.24) is 15.1 Å². The molecular formula is C16H17N5O2. The van der Waals surface area contributed by atoms with Crippen LogP contribution < -0.4 is 16.2 Å². The maximum atomic E-state index is 5.86. The Morgan fingerprint density at radius 3 is 2.65 bits per heavy atom. The fraction of sp³-hybridized carbons (Fsp3) is 0.188. The molecule has 3 aromatic rings. The lowest BCUT2D eigenvalue weighted by atomic mass is 10.1. The van der Waals surface area contributed by atoms with Crippen molar-refractivity contribution in [2.45, 2.75) is 20.0 Å². The number of hydrogen-bond acceptors (Lipinski definition) is 7. The Bertz CT molecular complexity index is 801. The lowest BCUT2D eigenvalue weighted by Gasteiger charge is -2.10. The molecule has 4 N–H and O–H groups in total. The number of nitrogens with zero attached hydrogens (tertiary/aromatic N) is 3. The van der Waals surface area contributed by atoms with Crippen LogP contribution in [0.1, 0.15) is 18.4 Å². The molecule has 0 aliphatic rings. The van der Waals surface area contributed by atoms with Crippen molar-refractivity contribution in [1.29, 1.82) is 0 Å². The van der Waals surface area contributed by atoms with Gasteiger partial charge < -0.3 is 20.7 Å². The summed E-state index contributed by atoms with van der Waals surface area (Å²) >= 11 is 0. The summed E-state index contributed by atoms with van der Waals surface area (Å²) < 4.78 is 11.0.